The Morgan fingerprint density at radius 3 is 3.13 bits per heavy atom. The molecule has 15 heavy (non-hydrogen) atoms. The summed E-state index contributed by atoms with van der Waals surface area (Å²) in [5.74, 6) is 0.950. The maximum Gasteiger partial charge on any atom is 0.206 e. The van der Waals surface area contributed by atoms with Gasteiger partial charge >= 0.3 is 0 Å². The molecule has 4 nitrogen and oxygen atoms in total. The van der Waals surface area contributed by atoms with E-state index in [1.54, 1.807) is 23.1 Å². The lowest BCUT2D eigenvalue weighted by Crippen LogP contribution is -1.99. The fourth-order valence-corrected chi connectivity index (χ4v) is 2.88. The molecule has 0 unspecified atom stereocenters. The molecule has 0 spiro atoms. The zero-order valence-electron chi connectivity index (χ0n) is 8.27. The molecule has 0 aliphatic heterocycles. The van der Waals surface area contributed by atoms with E-state index in [1.807, 2.05) is 0 Å². The Hall–Kier alpha value is -0.800. The molecule has 0 amide bonds. The van der Waals surface area contributed by atoms with Crippen LogP contribution in [0.5, 0.6) is 0 Å². The van der Waals surface area contributed by atoms with Crippen molar-refractivity contribution in [2.75, 3.05) is 11.1 Å². The van der Waals surface area contributed by atoms with Crippen LogP contribution in [0.1, 0.15) is 25.7 Å². The molecule has 0 bridgehead atoms. The van der Waals surface area contributed by atoms with Gasteiger partial charge in [-0.2, -0.15) is 5.26 Å². The fraction of sp³-hybridized carbons (Fsp3) is 0.667. The predicted octanol–water partition coefficient (Wildman–Crippen LogP) is 2.51. The number of thioether (sulfide) groups is 1. The van der Waals surface area contributed by atoms with Gasteiger partial charge < -0.3 is 5.32 Å². The molecule has 1 saturated carbocycles. The monoisotopic (exact) mass is 240 g/mol. The lowest BCUT2D eigenvalue weighted by Gasteiger charge is -1.94. The minimum absolute atomic E-state index is 0.624. The van der Waals surface area contributed by atoms with Crippen molar-refractivity contribution >= 4 is 28.2 Å². The van der Waals surface area contributed by atoms with Crippen LogP contribution in [0.25, 0.3) is 0 Å². The summed E-state index contributed by atoms with van der Waals surface area (Å²) in [7, 11) is 0. The third-order valence-electron chi connectivity index (χ3n) is 1.97. The molecule has 0 saturated heterocycles. The highest BCUT2D eigenvalue weighted by Gasteiger charge is 2.22. The van der Waals surface area contributed by atoms with Crippen LogP contribution >= 0.6 is 23.1 Å². The summed E-state index contributed by atoms with van der Waals surface area (Å²) in [5.41, 5.74) is 0. The number of unbranched alkanes of at least 4 members (excludes halogenated alkanes) is 1. The van der Waals surface area contributed by atoms with Crippen molar-refractivity contribution in [1.82, 2.24) is 10.2 Å². The van der Waals surface area contributed by atoms with Gasteiger partial charge in [0.25, 0.3) is 0 Å². The van der Waals surface area contributed by atoms with Crippen LogP contribution in [0.4, 0.5) is 5.13 Å². The van der Waals surface area contributed by atoms with Gasteiger partial charge in [0.05, 0.1) is 6.07 Å². The van der Waals surface area contributed by atoms with Crippen molar-refractivity contribution in [3.63, 3.8) is 0 Å². The zero-order chi connectivity index (χ0) is 10.5. The van der Waals surface area contributed by atoms with Crippen molar-refractivity contribution in [3.8, 4) is 6.07 Å². The van der Waals surface area contributed by atoms with Gasteiger partial charge in [0, 0.05) is 18.2 Å². The van der Waals surface area contributed by atoms with Crippen molar-refractivity contribution in [3.05, 3.63) is 0 Å². The van der Waals surface area contributed by atoms with Crippen LogP contribution in [-0.2, 0) is 0 Å². The Balaban J connectivity index is 1.71. The van der Waals surface area contributed by atoms with Crippen LogP contribution in [-0.4, -0.2) is 22.0 Å². The van der Waals surface area contributed by atoms with Gasteiger partial charge in [0.1, 0.15) is 0 Å². The molecule has 80 valence electrons. The molecule has 0 aromatic carbocycles. The van der Waals surface area contributed by atoms with Gasteiger partial charge in [0.15, 0.2) is 4.34 Å². The maximum absolute atomic E-state index is 8.38. The number of nitriles is 1. The normalized spacial score (nSPS) is 14.9. The largest absolute Gasteiger partial charge is 0.357 e. The van der Waals surface area contributed by atoms with E-state index in [2.05, 4.69) is 21.6 Å². The lowest BCUT2D eigenvalue weighted by atomic mass is 10.4. The highest BCUT2D eigenvalue weighted by atomic mass is 32.2. The number of anilines is 1. The Labute approximate surface area is 97.1 Å². The SMILES string of the molecule is N#CCCCSc1nnc(NC2CC2)s1. The summed E-state index contributed by atoms with van der Waals surface area (Å²) >= 11 is 3.29. The van der Waals surface area contributed by atoms with Crippen LogP contribution in [0.3, 0.4) is 0 Å². The Morgan fingerprint density at radius 1 is 1.53 bits per heavy atom. The van der Waals surface area contributed by atoms with Crippen molar-refractivity contribution < 1.29 is 0 Å². The minimum Gasteiger partial charge on any atom is -0.357 e. The molecular formula is C9H12N4S2. The molecule has 1 aromatic heterocycles. The van der Waals surface area contributed by atoms with Gasteiger partial charge in [0.2, 0.25) is 5.13 Å². The second-order valence-electron chi connectivity index (χ2n) is 3.40. The maximum atomic E-state index is 8.38. The minimum atomic E-state index is 0.624. The standard InChI is InChI=1S/C9H12N4S2/c10-5-1-2-6-14-9-13-12-8(15-9)11-7-3-4-7/h7H,1-4,6H2,(H,11,12). The first kappa shape index (κ1) is 10.7. The highest BCUT2D eigenvalue weighted by Crippen LogP contribution is 2.30. The number of nitrogens with one attached hydrogen (secondary N) is 1. The van der Waals surface area contributed by atoms with Gasteiger partial charge in [-0.25, -0.2) is 0 Å². The van der Waals surface area contributed by atoms with Crippen LogP contribution in [0, 0.1) is 11.3 Å². The number of hydrogen-bond acceptors (Lipinski definition) is 6. The number of rotatable bonds is 6. The van der Waals surface area contributed by atoms with Crippen LogP contribution in [0.15, 0.2) is 4.34 Å². The number of nitrogens with zero attached hydrogens (tertiary/aromatic N) is 3. The first-order valence-corrected chi connectivity index (χ1v) is 6.78. The van der Waals surface area contributed by atoms with E-state index in [0.29, 0.717) is 12.5 Å². The third kappa shape index (κ3) is 3.68. The molecule has 1 aromatic rings. The Bertz CT molecular complexity index is 353. The molecule has 6 heteroatoms. The molecule has 2 rings (SSSR count). The van der Waals surface area contributed by atoms with Crippen molar-refractivity contribution in [1.29, 1.82) is 5.26 Å². The molecule has 1 heterocycles. The van der Waals surface area contributed by atoms with Gasteiger partial charge in [-0.1, -0.05) is 23.1 Å². The van der Waals surface area contributed by atoms with E-state index in [4.69, 9.17) is 5.26 Å². The topological polar surface area (TPSA) is 61.6 Å². The summed E-state index contributed by atoms with van der Waals surface area (Å²) in [4.78, 5) is 0. The molecule has 0 radical (unpaired) electrons. The van der Waals surface area contributed by atoms with Crippen molar-refractivity contribution in [2.45, 2.75) is 36.1 Å². The first-order valence-electron chi connectivity index (χ1n) is 4.98. The quantitative estimate of drug-likeness (QED) is 0.611. The highest BCUT2D eigenvalue weighted by molar-refractivity contribution is 8.01. The van der Waals surface area contributed by atoms with Crippen molar-refractivity contribution in [2.24, 2.45) is 0 Å². The summed E-state index contributed by atoms with van der Waals surface area (Å²) in [5, 5.41) is 20.8. The van der Waals surface area contributed by atoms with E-state index < -0.39 is 0 Å². The summed E-state index contributed by atoms with van der Waals surface area (Å²) in [6, 6.07) is 2.77. The first-order chi connectivity index (χ1) is 7.38. The lowest BCUT2D eigenvalue weighted by molar-refractivity contribution is 0.968. The summed E-state index contributed by atoms with van der Waals surface area (Å²) < 4.78 is 0.996. The average Bonchev–Trinajstić information content (AvgIpc) is 2.93. The number of hydrogen-bond donors (Lipinski definition) is 1. The second kappa shape index (κ2) is 5.33. The zero-order valence-corrected chi connectivity index (χ0v) is 9.90. The Morgan fingerprint density at radius 2 is 2.40 bits per heavy atom. The molecule has 1 N–H and O–H groups in total. The van der Waals surface area contributed by atoms with E-state index in [1.165, 1.54) is 12.8 Å². The van der Waals surface area contributed by atoms with Gasteiger partial charge in [-0.3, -0.25) is 0 Å². The summed E-state index contributed by atoms with van der Waals surface area (Å²) in [6.07, 6.45) is 4.06. The van der Waals surface area contributed by atoms with E-state index >= 15 is 0 Å². The van der Waals surface area contributed by atoms with Crippen LogP contribution < -0.4 is 5.32 Å². The average molecular weight is 240 g/mol. The second-order valence-corrected chi connectivity index (χ2v) is 5.72. The molecule has 1 aliphatic rings. The van der Waals surface area contributed by atoms with E-state index in [-0.39, 0.29) is 0 Å². The Kier molecular flexibility index (Phi) is 3.80. The van der Waals surface area contributed by atoms with Gasteiger partial charge in [-0.05, 0) is 19.3 Å². The molecular weight excluding hydrogens is 228 g/mol. The fourth-order valence-electron chi connectivity index (χ4n) is 1.04. The smallest absolute Gasteiger partial charge is 0.206 e. The third-order valence-corrected chi connectivity index (χ3v) is 4.04. The molecule has 1 aliphatic carbocycles. The van der Waals surface area contributed by atoms with E-state index in [9.17, 15) is 0 Å². The van der Waals surface area contributed by atoms with Crippen LogP contribution in [0.2, 0.25) is 0 Å². The number of aromatic nitrogens is 2. The molecule has 1 fully saturated rings. The van der Waals surface area contributed by atoms with Gasteiger partial charge in [-0.15, -0.1) is 10.2 Å². The summed E-state index contributed by atoms with van der Waals surface area (Å²) in [6.45, 7) is 0. The van der Waals surface area contributed by atoms with E-state index in [0.717, 1.165) is 21.6 Å². The predicted molar refractivity (Wildman–Crippen MR) is 62.1 cm³/mol. The molecule has 0 atom stereocenters.